The molecule has 0 bridgehead atoms. The summed E-state index contributed by atoms with van der Waals surface area (Å²) in [5, 5.41) is 0. The molecule has 0 aliphatic heterocycles. The molecular formula is C21H21NaO3Sn. The van der Waals surface area contributed by atoms with Crippen LogP contribution in [0.2, 0.25) is 0 Å². The second kappa shape index (κ2) is 10.3. The predicted molar refractivity (Wildman–Crippen MR) is 107 cm³/mol. The Kier molecular flexibility index (Phi) is 8.35. The van der Waals surface area contributed by atoms with Gasteiger partial charge in [-0.15, -0.1) is 0 Å². The molecule has 0 atom stereocenters. The predicted octanol–water partition coefficient (Wildman–Crippen LogP) is 4.75. The van der Waals surface area contributed by atoms with Crippen molar-refractivity contribution in [3.63, 3.8) is 0 Å². The van der Waals surface area contributed by atoms with Crippen LogP contribution in [0.25, 0.3) is 0 Å². The summed E-state index contributed by atoms with van der Waals surface area (Å²) < 4.78 is 18.3. The van der Waals surface area contributed by atoms with Gasteiger partial charge in [0.05, 0.1) is 0 Å². The van der Waals surface area contributed by atoms with Crippen molar-refractivity contribution < 1.29 is 9.22 Å². The minimum Gasteiger partial charge on any atom is 0 e. The van der Waals surface area contributed by atoms with Crippen LogP contribution >= 0.6 is 0 Å². The smallest absolute Gasteiger partial charge is 0 e. The summed E-state index contributed by atoms with van der Waals surface area (Å²) in [6.45, 7) is 6.15. The van der Waals surface area contributed by atoms with E-state index < -0.39 is 21.0 Å². The SMILES string of the molecule is Cc1ccc([O][Sn]([O]c2ccc(C)cc2)[O]c2ccc(C)cc2)cc1.[Na]. The molecule has 3 nitrogen and oxygen atoms in total. The van der Waals surface area contributed by atoms with Gasteiger partial charge in [-0.25, -0.2) is 0 Å². The monoisotopic (exact) mass is 464 g/mol. The van der Waals surface area contributed by atoms with Crippen molar-refractivity contribution in [1.82, 2.24) is 0 Å². The molecule has 0 aliphatic rings. The number of aryl methyl sites for hydroxylation is 3. The Balaban J connectivity index is 0.00000243. The summed E-state index contributed by atoms with van der Waals surface area (Å²) >= 11 is -3.12. The van der Waals surface area contributed by atoms with E-state index in [1.165, 1.54) is 16.7 Å². The summed E-state index contributed by atoms with van der Waals surface area (Å²) in [6, 6.07) is 23.8. The summed E-state index contributed by atoms with van der Waals surface area (Å²) in [6.07, 6.45) is 0. The van der Waals surface area contributed by atoms with Crippen LogP contribution in [-0.4, -0.2) is 50.6 Å². The Morgan fingerprint density at radius 3 is 0.923 bits per heavy atom. The first kappa shape index (κ1) is 21.2. The fraction of sp³-hybridized carbons (Fsp3) is 0.143. The molecule has 3 aromatic carbocycles. The van der Waals surface area contributed by atoms with Crippen molar-refractivity contribution in [1.29, 1.82) is 0 Å². The minimum absolute atomic E-state index is 0. The Morgan fingerprint density at radius 1 is 0.462 bits per heavy atom. The Hall–Kier alpha value is -1.14. The fourth-order valence-electron chi connectivity index (χ4n) is 2.17. The van der Waals surface area contributed by atoms with E-state index in [4.69, 9.17) is 9.22 Å². The molecule has 26 heavy (non-hydrogen) atoms. The normalized spacial score (nSPS) is 10.2. The third-order valence-corrected chi connectivity index (χ3v) is 7.11. The largest absolute Gasteiger partial charge is 0 e. The van der Waals surface area contributed by atoms with E-state index in [2.05, 4.69) is 20.8 Å². The van der Waals surface area contributed by atoms with Crippen LogP contribution in [0.1, 0.15) is 16.7 Å². The van der Waals surface area contributed by atoms with Gasteiger partial charge in [0.1, 0.15) is 0 Å². The summed E-state index contributed by atoms with van der Waals surface area (Å²) in [5.41, 5.74) is 3.57. The zero-order valence-electron chi connectivity index (χ0n) is 15.7. The van der Waals surface area contributed by atoms with Crippen LogP contribution in [0, 0.1) is 20.8 Å². The molecule has 2 radical (unpaired) electrons. The maximum Gasteiger partial charge on any atom is 0 e. The zero-order valence-corrected chi connectivity index (χ0v) is 20.5. The molecule has 3 aromatic rings. The molecule has 0 saturated carbocycles. The second-order valence-corrected chi connectivity index (χ2v) is 9.17. The summed E-state index contributed by atoms with van der Waals surface area (Å²) in [4.78, 5) is 0. The molecule has 5 heteroatoms. The van der Waals surface area contributed by atoms with Crippen molar-refractivity contribution >= 4 is 50.6 Å². The maximum atomic E-state index is 6.09. The van der Waals surface area contributed by atoms with Crippen LogP contribution in [0.15, 0.2) is 72.8 Å². The van der Waals surface area contributed by atoms with Gasteiger partial charge >= 0.3 is 158 Å². The van der Waals surface area contributed by atoms with E-state index in [0.717, 1.165) is 17.2 Å². The van der Waals surface area contributed by atoms with Gasteiger partial charge in [-0.3, -0.25) is 0 Å². The van der Waals surface area contributed by atoms with Crippen molar-refractivity contribution in [2.24, 2.45) is 0 Å². The number of hydrogen-bond donors (Lipinski definition) is 0. The van der Waals surface area contributed by atoms with Gasteiger partial charge in [0.15, 0.2) is 0 Å². The van der Waals surface area contributed by atoms with E-state index in [-0.39, 0.29) is 29.6 Å². The van der Waals surface area contributed by atoms with E-state index >= 15 is 0 Å². The van der Waals surface area contributed by atoms with Crippen LogP contribution < -0.4 is 9.22 Å². The average Bonchev–Trinajstić information content (AvgIpc) is 2.61. The van der Waals surface area contributed by atoms with Crippen molar-refractivity contribution in [2.75, 3.05) is 0 Å². The molecule has 0 aliphatic carbocycles. The minimum atomic E-state index is -3.12. The number of hydrogen-bond acceptors (Lipinski definition) is 3. The van der Waals surface area contributed by atoms with E-state index in [1.54, 1.807) is 0 Å². The third-order valence-electron chi connectivity index (χ3n) is 3.67. The number of rotatable bonds is 6. The summed E-state index contributed by atoms with van der Waals surface area (Å²) in [5.74, 6) is 2.33. The van der Waals surface area contributed by atoms with Gasteiger partial charge in [-0.05, 0) is 0 Å². The molecule has 3 rings (SSSR count). The molecule has 0 amide bonds. The van der Waals surface area contributed by atoms with Gasteiger partial charge < -0.3 is 0 Å². The molecule has 0 spiro atoms. The van der Waals surface area contributed by atoms with E-state index in [1.807, 2.05) is 72.8 Å². The average molecular weight is 463 g/mol. The Labute approximate surface area is 186 Å². The quantitative estimate of drug-likeness (QED) is 0.494. The van der Waals surface area contributed by atoms with Gasteiger partial charge in [-0.2, -0.15) is 0 Å². The van der Waals surface area contributed by atoms with Crippen molar-refractivity contribution in [3.05, 3.63) is 89.5 Å². The number of benzene rings is 3. The van der Waals surface area contributed by atoms with Gasteiger partial charge in [0.2, 0.25) is 0 Å². The second-order valence-electron chi connectivity index (χ2n) is 6.00. The van der Waals surface area contributed by atoms with Crippen LogP contribution in [0.4, 0.5) is 0 Å². The van der Waals surface area contributed by atoms with Crippen LogP contribution in [0.3, 0.4) is 0 Å². The van der Waals surface area contributed by atoms with Crippen LogP contribution in [0.5, 0.6) is 17.2 Å². The zero-order chi connectivity index (χ0) is 17.6. The van der Waals surface area contributed by atoms with E-state index in [9.17, 15) is 0 Å². The molecule has 0 heterocycles. The maximum absolute atomic E-state index is 6.09. The van der Waals surface area contributed by atoms with Crippen LogP contribution in [-0.2, 0) is 0 Å². The Bertz CT molecular complexity index is 689. The molecule has 0 saturated heterocycles. The molecular weight excluding hydrogens is 442 g/mol. The van der Waals surface area contributed by atoms with Gasteiger partial charge in [0, 0.05) is 29.6 Å². The summed E-state index contributed by atoms with van der Waals surface area (Å²) in [7, 11) is 0. The van der Waals surface area contributed by atoms with Crippen molar-refractivity contribution in [3.8, 4) is 17.2 Å². The van der Waals surface area contributed by atoms with Gasteiger partial charge in [-0.1, -0.05) is 0 Å². The first-order valence-corrected chi connectivity index (χ1v) is 11.7. The first-order chi connectivity index (χ1) is 12.1. The Morgan fingerprint density at radius 2 is 0.692 bits per heavy atom. The topological polar surface area (TPSA) is 27.7 Å². The van der Waals surface area contributed by atoms with Crippen molar-refractivity contribution in [2.45, 2.75) is 20.8 Å². The van der Waals surface area contributed by atoms with E-state index in [0.29, 0.717) is 0 Å². The fourth-order valence-corrected chi connectivity index (χ4v) is 5.34. The molecule has 0 N–H and O–H groups in total. The van der Waals surface area contributed by atoms with Gasteiger partial charge in [0.25, 0.3) is 0 Å². The molecule has 0 unspecified atom stereocenters. The third kappa shape index (κ3) is 6.54. The molecule has 0 aromatic heterocycles. The molecule has 0 fully saturated rings. The molecule has 128 valence electrons. The first-order valence-electron chi connectivity index (χ1n) is 8.19. The standard InChI is InChI=1S/3C7H8O.Na.Sn/c3*1-6-2-4-7(8)5-3-6;;/h3*2-5,8H,1H3;;/q;;;;+3/p-3.